The first kappa shape index (κ1) is 26.5. The number of unbranched alkanes of at least 4 members (excludes halogenated alkanes) is 2. The number of nitrogens with one attached hydrogen (secondary N) is 2. The number of hydrogen-bond donors (Lipinski definition) is 2. The zero-order chi connectivity index (χ0) is 23.6. The molecule has 7 nitrogen and oxygen atoms in total. The van der Waals surface area contributed by atoms with Crippen LogP contribution in [0.3, 0.4) is 0 Å². The third-order valence-corrected chi connectivity index (χ3v) is 4.64. The highest BCUT2D eigenvalue weighted by Crippen LogP contribution is 2.25. The molecule has 174 valence electrons. The van der Waals surface area contributed by atoms with Gasteiger partial charge in [-0.05, 0) is 53.5 Å². The van der Waals surface area contributed by atoms with Gasteiger partial charge in [0.15, 0.2) is 0 Å². The lowest BCUT2D eigenvalue weighted by Gasteiger charge is -2.36. The molecule has 0 aromatic heterocycles. The van der Waals surface area contributed by atoms with Gasteiger partial charge >= 0.3 is 6.09 Å². The molecule has 0 saturated heterocycles. The van der Waals surface area contributed by atoms with E-state index in [0.29, 0.717) is 6.54 Å². The van der Waals surface area contributed by atoms with Crippen molar-refractivity contribution in [1.29, 1.82) is 0 Å². The predicted molar refractivity (Wildman–Crippen MR) is 123 cm³/mol. The van der Waals surface area contributed by atoms with E-state index < -0.39 is 23.8 Å². The van der Waals surface area contributed by atoms with Crippen molar-refractivity contribution in [2.75, 3.05) is 6.54 Å². The Balaban J connectivity index is 3.11. The van der Waals surface area contributed by atoms with Crippen molar-refractivity contribution in [2.24, 2.45) is 0 Å². The van der Waals surface area contributed by atoms with Crippen molar-refractivity contribution in [2.45, 2.75) is 91.5 Å². The Morgan fingerprint density at radius 2 is 1.65 bits per heavy atom. The number of hydrogen-bond acceptors (Lipinski definition) is 4. The standard InChI is InChI=1S/C24H39N3O4/c1-8-9-13-16-25-21(28)20(19-14-11-10-12-15-19)27(17(2)3)22(29)18(4)26-23(30)31-24(5,6)7/h10-12,14-15,17-18,20H,8-9,13,16H2,1-7H3,(H,25,28)(H,26,30). The molecule has 0 saturated carbocycles. The summed E-state index contributed by atoms with van der Waals surface area (Å²) in [7, 11) is 0. The highest BCUT2D eigenvalue weighted by molar-refractivity contribution is 5.92. The van der Waals surface area contributed by atoms with E-state index in [1.54, 1.807) is 27.7 Å². The van der Waals surface area contributed by atoms with Crippen LogP contribution < -0.4 is 10.6 Å². The maximum atomic E-state index is 13.4. The number of carbonyl (C=O) groups is 3. The third kappa shape index (κ3) is 8.99. The van der Waals surface area contributed by atoms with Gasteiger partial charge in [-0.3, -0.25) is 9.59 Å². The monoisotopic (exact) mass is 433 g/mol. The van der Waals surface area contributed by atoms with Crippen molar-refractivity contribution in [3.63, 3.8) is 0 Å². The van der Waals surface area contributed by atoms with Crippen LogP contribution >= 0.6 is 0 Å². The molecule has 31 heavy (non-hydrogen) atoms. The summed E-state index contributed by atoms with van der Waals surface area (Å²) < 4.78 is 5.27. The zero-order valence-corrected chi connectivity index (χ0v) is 20.0. The molecule has 2 N–H and O–H groups in total. The van der Waals surface area contributed by atoms with Gasteiger partial charge < -0.3 is 20.3 Å². The van der Waals surface area contributed by atoms with Gasteiger partial charge in [-0.1, -0.05) is 50.1 Å². The Labute approximate surface area is 186 Å². The highest BCUT2D eigenvalue weighted by atomic mass is 16.6. The molecule has 1 rings (SSSR count). The normalized spacial score (nSPS) is 13.3. The Hall–Kier alpha value is -2.57. The van der Waals surface area contributed by atoms with E-state index >= 15 is 0 Å². The lowest BCUT2D eigenvalue weighted by atomic mass is 10.0. The van der Waals surface area contributed by atoms with Crippen LogP contribution in [-0.2, 0) is 14.3 Å². The molecule has 7 heteroatoms. The Kier molecular flexibility index (Phi) is 10.5. The van der Waals surface area contributed by atoms with Gasteiger partial charge in [-0.2, -0.15) is 0 Å². The summed E-state index contributed by atoms with van der Waals surface area (Å²) in [6.07, 6.45) is 2.30. The van der Waals surface area contributed by atoms with Crippen LogP contribution in [0.2, 0.25) is 0 Å². The van der Waals surface area contributed by atoms with Crippen molar-refractivity contribution in [1.82, 2.24) is 15.5 Å². The average Bonchev–Trinajstić information content (AvgIpc) is 2.67. The summed E-state index contributed by atoms with van der Waals surface area (Å²) in [6.45, 7) is 13.3. The molecule has 2 atom stereocenters. The highest BCUT2D eigenvalue weighted by Gasteiger charge is 2.36. The average molecular weight is 434 g/mol. The van der Waals surface area contributed by atoms with E-state index in [1.807, 2.05) is 44.2 Å². The summed E-state index contributed by atoms with van der Waals surface area (Å²) in [5, 5.41) is 5.56. The van der Waals surface area contributed by atoms with Crippen molar-refractivity contribution in [3.05, 3.63) is 35.9 Å². The first-order valence-electron chi connectivity index (χ1n) is 11.1. The Morgan fingerprint density at radius 1 is 1.03 bits per heavy atom. The second kappa shape index (κ2) is 12.3. The maximum Gasteiger partial charge on any atom is 0.408 e. The molecule has 0 fully saturated rings. The van der Waals surface area contributed by atoms with Crippen molar-refractivity contribution < 1.29 is 19.1 Å². The molecule has 1 aromatic carbocycles. The minimum Gasteiger partial charge on any atom is -0.444 e. The van der Waals surface area contributed by atoms with E-state index in [2.05, 4.69) is 17.6 Å². The molecule has 2 unspecified atom stereocenters. The van der Waals surface area contributed by atoms with Crippen LogP contribution in [0, 0.1) is 0 Å². The maximum absolute atomic E-state index is 13.4. The van der Waals surface area contributed by atoms with Crippen LogP contribution in [0.1, 0.15) is 79.3 Å². The molecular formula is C24H39N3O4. The number of alkyl carbamates (subject to hydrolysis) is 1. The molecule has 0 heterocycles. The van der Waals surface area contributed by atoms with Gasteiger partial charge in [0.2, 0.25) is 11.8 Å². The van der Waals surface area contributed by atoms with Crippen LogP contribution in [0.5, 0.6) is 0 Å². The minimum atomic E-state index is -0.851. The van der Waals surface area contributed by atoms with Gasteiger partial charge in [0.1, 0.15) is 17.7 Å². The summed E-state index contributed by atoms with van der Waals surface area (Å²) in [5.74, 6) is -0.577. The molecular weight excluding hydrogens is 394 g/mol. The lowest BCUT2D eigenvalue weighted by molar-refractivity contribution is -0.144. The first-order chi connectivity index (χ1) is 14.5. The van der Waals surface area contributed by atoms with E-state index in [-0.39, 0.29) is 17.9 Å². The lowest BCUT2D eigenvalue weighted by Crippen LogP contribution is -2.54. The number of benzene rings is 1. The van der Waals surface area contributed by atoms with Crippen molar-refractivity contribution in [3.8, 4) is 0 Å². The fraction of sp³-hybridized carbons (Fsp3) is 0.625. The number of amides is 3. The third-order valence-electron chi connectivity index (χ3n) is 4.64. The molecule has 0 radical (unpaired) electrons. The fourth-order valence-electron chi connectivity index (χ4n) is 3.21. The summed E-state index contributed by atoms with van der Waals surface area (Å²) in [4.78, 5) is 40.2. The fourth-order valence-corrected chi connectivity index (χ4v) is 3.21. The van der Waals surface area contributed by atoms with E-state index in [0.717, 1.165) is 24.8 Å². The largest absolute Gasteiger partial charge is 0.444 e. The van der Waals surface area contributed by atoms with Crippen LogP contribution in [-0.4, -0.2) is 47.0 Å². The van der Waals surface area contributed by atoms with Gasteiger partial charge in [-0.15, -0.1) is 0 Å². The van der Waals surface area contributed by atoms with Gasteiger partial charge in [0.25, 0.3) is 0 Å². The quantitative estimate of drug-likeness (QED) is 0.542. The molecule has 0 bridgehead atoms. The molecule has 0 aliphatic carbocycles. The smallest absolute Gasteiger partial charge is 0.408 e. The summed E-state index contributed by atoms with van der Waals surface area (Å²) in [6, 6.07) is 7.33. The second-order valence-corrected chi connectivity index (χ2v) is 9.02. The minimum absolute atomic E-state index is 0.228. The van der Waals surface area contributed by atoms with E-state index in [1.165, 1.54) is 4.90 Å². The van der Waals surface area contributed by atoms with Crippen LogP contribution in [0.25, 0.3) is 0 Å². The predicted octanol–water partition coefficient (Wildman–Crippen LogP) is 4.18. The van der Waals surface area contributed by atoms with E-state index in [9.17, 15) is 14.4 Å². The number of ether oxygens (including phenoxy) is 1. The van der Waals surface area contributed by atoms with Gasteiger partial charge in [0.05, 0.1) is 0 Å². The van der Waals surface area contributed by atoms with Gasteiger partial charge in [0, 0.05) is 12.6 Å². The Bertz CT molecular complexity index is 713. The SMILES string of the molecule is CCCCCNC(=O)C(c1ccccc1)N(C(=O)C(C)NC(=O)OC(C)(C)C)C(C)C. The second-order valence-electron chi connectivity index (χ2n) is 9.02. The first-order valence-corrected chi connectivity index (χ1v) is 11.1. The summed E-state index contributed by atoms with van der Waals surface area (Å²) >= 11 is 0. The topological polar surface area (TPSA) is 87.7 Å². The van der Waals surface area contributed by atoms with Crippen molar-refractivity contribution >= 4 is 17.9 Å². The molecule has 1 aromatic rings. The number of rotatable bonds is 10. The molecule has 3 amide bonds. The summed E-state index contributed by atoms with van der Waals surface area (Å²) in [5.41, 5.74) is 0.0530. The van der Waals surface area contributed by atoms with Crippen LogP contribution in [0.4, 0.5) is 4.79 Å². The molecule has 0 spiro atoms. The molecule has 0 aliphatic heterocycles. The number of nitrogens with zero attached hydrogens (tertiary/aromatic N) is 1. The number of carbonyl (C=O) groups excluding carboxylic acids is 3. The van der Waals surface area contributed by atoms with E-state index in [4.69, 9.17) is 4.74 Å². The Morgan fingerprint density at radius 3 is 2.16 bits per heavy atom. The van der Waals surface area contributed by atoms with Gasteiger partial charge in [-0.25, -0.2) is 4.79 Å². The van der Waals surface area contributed by atoms with Crippen LogP contribution in [0.15, 0.2) is 30.3 Å². The zero-order valence-electron chi connectivity index (χ0n) is 20.0. The molecule has 0 aliphatic rings.